The van der Waals surface area contributed by atoms with E-state index < -0.39 is 10.0 Å². The number of aromatic nitrogens is 1. The smallest absolute Gasteiger partial charge is 0.271 e. The van der Waals surface area contributed by atoms with Crippen molar-refractivity contribution in [2.24, 2.45) is 0 Å². The number of nitrogens with one attached hydrogen (secondary N) is 1. The van der Waals surface area contributed by atoms with Crippen LogP contribution >= 0.6 is 11.3 Å². The van der Waals surface area contributed by atoms with E-state index in [0.717, 1.165) is 23.5 Å². The number of sulfonamides is 1. The molecule has 0 aliphatic heterocycles. The zero-order chi connectivity index (χ0) is 20.3. The summed E-state index contributed by atoms with van der Waals surface area (Å²) in [5.74, 6) is 1.60. The number of thiophene rings is 1. The Morgan fingerprint density at radius 2 is 1.75 bits per heavy atom. The van der Waals surface area contributed by atoms with Gasteiger partial charge in [0.1, 0.15) is 4.21 Å². The highest BCUT2D eigenvalue weighted by Gasteiger charge is 2.21. The first-order valence-electron chi connectivity index (χ1n) is 8.29. The Morgan fingerprint density at radius 1 is 1.07 bits per heavy atom. The Balaban J connectivity index is 1.90. The van der Waals surface area contributed by atoms with Crippen molar-refractivity contribution in [1.29, 1.82) is 0 Å². The number of methoxy groups -OCH3 is 3. The van der Waals surface area contributed by atoms with E-state index in [-0.39, 0.29) is 9.90 Å². The van der Waals surface area contributed by atoms with Crippen molar-refractivity contribution >= 4 is 27.0 Å². The Labute approximate surface area is 167 Å². The molecule has 0 atom stereocenters. The van der Waals surface area contributed by atoms with Crippen LogP contribution in [0.2, 0.25) is 0 Å². The van der Waals surface area contributed by atoms with Crippen LogP contribution < -0.4 is 18.9 Å². The summed E-state index contributed by atoms with van der Waals surface area (Å²) >= 11 is 1.09. The van der Waals surface area contributed by atoms with Crippen LogP contribution in [0.25, 0.3) is 11.3 Å². The summed E-state index contributed by atoms with van der Waals surface area (Å²) in [7, 11) is 0.586. The van der Waals surface area contributed by atoms with Crippen molar-refractivity contribution in [2.45, 2.75) is 17.6 Å². The summed E-state index contributed by atoms with van der Waals surface area (Å²) in [5, 5.41) is 5.64. The number of rotatable bonds is 8. The lowest BCUT2D eigenvalue weighted by Crippen LogP contribution is -2.12. The molecule has 0 unspecified atom stereocenters. The van der Waals surface area contributed by atoms with Crippen molar-refractivity contribution < 1.29 is 27.2 Å². The SMILES string of the molecule is CCc1cc(-c2csc(S(=O)(=O)Nc3cc(OC)c(OC)c(OC)c3)c2)on1. The van der Waals surface area contributed by atoms with Gasteiger partial charge in [-0.3, -0.25) is 4.72 Å². The first-order chi connectivity index (χ1) is 13.4. The number of aryl methyl sites for hydroxylation is 1. The van der Waals surface area contributed by atoms with E-state index >= 15 is 0 Å². The van der Waals surface area contributed by atoms with Crippen molar-refractivity contribution in [2.75, 3.05) is 26.1 Å². The largest absolute Gasteiger partial charge is 0.493 e. The molecule has 10 heteroatoms. The number of hydrogen-bond acceptors (Lipinski definition) is 8. The molecule has 1 aromatic carbocycles. The maximum atomic E-state index is 12.8. The molecule has 0 saturated carbocycles. The summed E-state index contributed by atoms with van der Waals surface area (Å²) in [5.41, 5.74) is 1.75. The van der Waals surface area contributed by atoms with Crippen LogP contribution in [0.15, 0.2) is 38.4 Å². The molecule has 0 aliphatic carbocycles. The number of anilines is 1. The highest BCUT2D eigenvalue weighted by molar-refractivity contribution is 7.94. The van der Waals surface area contributed by atoms with Gasteiger partial charge in [-0.05, 0) is 12.5 Å². The Kier molecular flexibility index (Phi) is 5.80. The van der Waals surface area contributed by atoms with Gasteiger partial charge in [-0.25, -0.2) is 8.42 Å². The maximum Gasteiger partial charge on any atom is 0.271 e. The summed E-state index contributed by atoms with van der Waals surface area (Å²) in [6.45, 7) is 1.96. The zero-order valence-corrected chi connectivity index (χ0v) is 17.4. The molecule has 0 aliphatic rings. The molecule has 2 aromatic heterocycles. The molecular weight excluding hydrogens is 404 g/mol. The molecule has 0 bridgehead atoms. The quantitative estimate of drug-likeness (QED) is 0.587. The van der Waals surface area contributed by atoms with E-state index in [1.165, 1.54) is 33.5 Å². The fourth-order valence-electron chi connectivity index (χ4n) is 2.55. The molecule has 2 heterocycles. The van der Waals surface area contributed by atoms with Crippen LogP contribution in [0, 0.1) is 0 Å². The molecule has 0 fully saturated rings. The number of hydrogen-bond donors (Lipinski definition) is 1. The van der Waals surface area contributed by atoms with Gasteiger partial charge in [0, 0.05) is 29.1 Å². The van der Waals surface area contributed by atoms with Gasteiger partial charge in [0.15, 0.2) is 17.3 Å². The second-order valence-electron chi connectivity index (χ2n) is 5.71. The predicted molar refractivity (Wildman–Crippen MR) is 106 cm³/mol. The normalized spacial score (nSPS) is 11.3. The van der Waals surface area contributed by atoms with E-state index in [1.54, 1.807) is 17.5 Å². The molecule has 150 valence electrons. The summed E-state index contributed by atoms with van der Waals surface area (Å²) in [6.07, 6.45) is 0.738. The average molecular weight is 425 g/mol. The second-order valence-corrected chi connectivity index (χ2v) is 8.53. The molecule has 0 spiro atoms. The van der Waals surface area contributed by atoms with Gasteiger partial charge in [-0.2, -0.15) is 0 Å². The summed E-state index contributed by atoms with van der Waals surface area (Å²) in [4.78, 5) is 0. The standard InChI is InChI=1S/C18H20N2O6S2/c1-5-12-7-14(26-19-12)11-6-17(27-10-11)28(21,22)20-13-8-15(23-2)18(25-4)16(9-13)24-3/h6-10,20H,5H2,1-4H3. The zero-order valence-electron chi connectivity index (χ0n) is 15.8. The van der Waals surface area contributed by atoms with E-state index in [4.69, 9.17) is 18.7 Å². The number of nitrogens with zero attached hydrogens (tertiary/aromatic N) is 1. The lowest BCUT2D eigenvalue weighted by Gasteiger charge is -2.14. The van der Waals surface area contributed by atoms with Crippen LogP contribution in [0.4, 0.5) is 5.69 Å². The minimum atomic E-state index is -3.81. The highest BCUT2D eigenvalue weighted by Crippen LogP contribution is 2.40. The first kappa shape index (κ1) is 20.0. The van der Waals surface area contributed by atoms with Gasteiger partial charge in [-0.15, -0.1) is 11.3 Å². The molecule has 3 aromatic rings. The second kappa shape index (κ2) is 8.11. The average Bonchev–Trinajstić information content (AvgIpc) is 3.36. The molecule has 8 nitrogen and oxygen atoms in total. The number of benzene rings is 1. The molecule has 0 amide bonds. The van der Waals surface area contributed by atoms with Crippen LogP contribution in [0.3, 0.4) is 0 Å². The summed E-state index contributed by atoms with van der Waals surface area (Å²) < 4.78 is 49.3. The molecule has 3 rings (SSSR count). The van der Waals surface area contributed by atoms with Crippen molar-refractivity contribution in [1.82, 2.24) is 5.16 Å². The fourth-order valence-corrected chi connectivity index (χ4v) is 4.76. The minimum Gasteiger partial charge on any atom is -0.493 e. The van der Waals surface area contributed by atoms with Crippen LogP contribution in [0.1, 0.15) is 12.6 Å². The van der Waals surface area contributed by atoms with Gasteiger partial charge in [0.05, 0.1) is 32.7 Å². The first-order valence-corrected chi connectivity index (χ1v) is 10.7. The third-order valence-electron chi connectivity index (χ3n) is 3.96. The van der Waals surface area contributed by atoms with E-state index in [0.29, 0.717) is 28.6 Å². The van der Waals surface area contributed by atoms with E-state index in [1.807, 2.05) is 6.92 Å². The lowest BCUT2D eigenvalue weighted by atomic mass is 10.2. The summed E-state index contributed by atoms with van der Waals surface area (Å²) in [6, 6.07) is 6.39. The lowest BCUT2D eigenvalue weighted by molar-refractivity contribution is 0.325. The molecule has 28 heavy (non-hydrogen) atoms. The van der Waals surface area contributed by atoms with Gasteiger partial charge in [0.2, 0.25) is 5.75 Å². The van der Waals surface area contributed by atoms with Crippen molar-refractivity contribution in [3.05, 3.63) is 35.3 Å². The van der Waals surface area contributed by atoms with Gasteiger partial charge < -0.3 is 18.7 Å². The number of ether oxygens (including phenoxy) is 3. The third-order valence-corrected chi connectivity index (χ3v) is 6.78. The monoisotopic (exact) mass is 424 g/mol. The third kappa shape index (κ3) is 3.92. The molecule has 1 N–H and O–H groups in total. The van der Waals surface area contributed by atoms with Crippen molar-refractivity contribution in [3.8, 4) is 28.6 Å². The Morgan fingerprint density at radius 3 is 2.29 bits per heavy atom. The molecule has 0 saturated heterocycles. The highest BCUT2D eigenvalue weighted by atomic mass is 32.2. The topological polar surface area (TPSA) is 99.9 Å². The van der Waals surface area contributed by atoms with Crippen LogP contribution in [0.5, 0.6) is 17.2 Å². The van der Waals surface area contributed by atoms with Gasteiger partial charge >= 0.3 is 0 Å². The maximum absolute atomic E-state index is 12.8. The Hall–Kier alpha value is -2.72. The fraction of sp³-hybridized carbons (Fsp3) is 0.278. The van der Waals surface area contributed by atoms with Crippen molar-refractivity contribution in [3.63, 3.8) is 0 Å². The Bertz CT molecular complexity index is 1050. The molecular formula is C18H20N2O6S2. The van der Waals surface area contributed by atoms with E-state index in [2.05, 4.69) is 9.88 Å². The minimum absolute atomic E-state index is 0.144. The van der Waals surface area contributed by atoms with Crippen LogP contribution in [-0.4, -0.2) is 34.9 Å². The molecule has 0 radical (unpaired) electrons. The van der Waals surface area contributed by atoms with E-state index in [9.17, 15) is 8.42 Å². The van der Waals surface area contributed by atoms with Gasteiger partial charge in [-0.1, -0.05) is 12.1 Å². The predicted octanol–water partition coefficient (Wildman–Crippen LogP) is 3.79. The van der Waals surface area contributed by atoms with Gasteiger partial charge in [0.25, 0.3) is 10.0 Å². The van der Waals surface area contributed by atoms with Crippen LogP contribution in [-0.2, 0) is 16.4 Å².